The van der Waals surface area contributed by atoms with E-state index in [2.05, 4.69) is 4.98 Å². The summed E-state index contributed by atoms with van der Waals surface area (Å²) in [4.78, 5) is 14.5. The molecule has 1 rings (SSSR count). The Morgan fingerprint density at radius 3 is 2.71 bits per heavy atom. The highest BCUT2D eigenvalue weighted by Gasteiger charge is 2.29. The van der Waals surface area contributed by atoms with Gasteiger partial charge < -0.3 is 10.3 Å². The molecule has 0 saturated carbocycles. The van der Waals surface area contributed by atoms with Crippen molar-refractivity contribution in [2.75, 3.05) is 6.54 Å². The first-order chi connectivity index (χ1) is 6.44. The molecule has 0 spiro atoms. The Bertz CT molecular complexity index is 331. The van der Waals surface area contributed by atoms with E-state index in [9.17, 15) is 18.0 Å². The third-order valence-corrected chi connectivity index (χ3v) is 1.53. The molecule has 1 heterocycles. The summed E-state index contributed by atoms with van der Waals surface area (Å²) in [6.45, 7) is -1.56. The average molecular weight is 207 g/mol. The maximum atomic E-state index is 12.0. The topological polar surface area (TPSA) is 60.9 Å². The van der Waals surface area contributed by atoms with Gasteiger partial charge in [0.05, 0.1) is 19.1 Å². The van der Waals surface area contributed by atoms with Crippen molar-refractivity contribution < 1.29 is 18.0 Å². The number of alkyl halides is 3. The molecule has 0 unspecified atom stereocenters. The van der Waals surface area contributed by atoms with Crippen LogP contribution >= 0.6 is 0 Å². The van der Waals surface area contributed by atoms with Crippen LogP contribution in [0.1, 0.15) is 10.5 Å². The van der Waals surface area contributed by atoms with Crippen molar-refractivity contribution in [1.82, 2.24) is 9.55 Å². The molecule has 0 fully saturated rings. The molecule has 0 radical (unpaired) electrons. The molecule has 0 aliphatic carbocycles. The minimum absolute atomic E-state index is 0.121. The lowest BCUT2D eigenvalue weighted by Gasteiger charge is -2.09. The van der Waals surface area contributed by atoms with Crippen LogP contribution in [-0.4, -0.2) is 28.1 Å². The molecular formula is C7H8F3N3O. The molecule has 0 saturated heterocycles. The zero-order valence-electron chi connectivity index (χ0n) is 7.08. The first-order valence-electron chi connectivity index (χ1n) is 3.74. The van der Waals surface area contributed by atoms with Gasteiger partial charge in [-0.05, 0) is 0 Å². The lowest BCUT2D eigenvalue weighted by Crippen LogP contribution is -2.23. The quantitative estimate of drug-likeness (QED) is 0.738. The van der Waals surface area contributed by atoms with Crippen molar-refractivity contribution in [3.8, 4) is 0 Å². The average Bonchev–Trinajstić information content (AvgIpc) is 2.48. The lowest BCUT2D eigenvalue weighted by atomic mass is 10.3. The number of Topliss-reactive ketones (excluding diaryl/α,β-unsaturated/α-hetero) is 1. The number of aromatic nitrogens is 2. The maximum Gasteiger partial charge on any atom is 0.406 e. The second-order valence-corrected chi connectivity index (χ2v) is 2.65. The fourth-order valence-corrected chi connectivity index (χ4v) is 0.977. The van der Waals surface area contributed by atoms with Crippen molar-refractivity contribution in [3.05, 3.63) is 18.2 Å². The predicted molar refractivity (Wildman–Crippen MR) is 41.7 cm³/mol. The summed E-state index contributed by atoms with van der Waals surface area (Å²) < 4.78 is 36.7. The van der Waals surface area contributed by atoms with E-state index in [4.69, 9.17) is 5.73 Å². The standard InChI is InChI=1S/C7H8F3N3O/c8-7(9,10)3-13-4-12-2-5(13)6(14)1-11/h2,4H,1,3,11H2. The normalized spacial score (nSPS) is 11.7. The third kappa shape index (κ3) is 2.56. The highest BCUT2D eigenvalue weighted by atomic mass is 19.4. The van der Waals surface area contributed by atoms with E-state index in [1.165, 1.54) is 0 Å². The minimum atomic E-state index is -4.37. The molecule has 0 aliphatic rings. The van der Waals surface area contributed by atoms with Crippen LogP contribution in [0, 0.1) is 0 Å². The zero-order chi connectivity index (χ0) is 10.8. The summed E-state index contributed by atoms with van der Waals surface area (Å²) >= 11 is 0. The predicted octanol–water partition coefficient (Wildman–Crippen LogP) is 0.587. The molecule has 78 valence electrons. The van der Waals surface area contributed by atoms with Gasteiger partial charge in [-0.1, -0.05) is 0 Å². The van der Waals surface area contributed by atoms with Crippen molar-refractivity contribution in [3.63, 3.8) is 0 Å². The van der Waals surface area contributed by atoms with Crippen LogP contribution in [0.3, 0.4) is 0 Å². The number of nitrogens with two attached hydrogens (primary N) is 1. The first-order valence-corrected chi connectivity index (χ1v) is 3.74. The van der Waals surface area contributed by atoms with Crippen molar-refractivity contribution in [2.45, 2.75) is 12.7 Å². The SMILES string of the molecule is NCC(=O)c1cncn1CC(F)(F)F. The van der Waals surface area contributed by atoms with E-state index < -0.39 is 18.5 Å². The van der Waals surface area contributed by atoms with Crippen LogP contribution in [0.5, 0.6) is 0 Å². The van der Waals surface area contributed by atoms with Gasteiger partial charge in [-0.15, -0.1) is 0 Å². The molecule has 0 bridgehead atoms. The Balaban J connectivity index is 2.88. The smallest absolute Gasteiger partial charge is 0.324 e. The molecule has 4 nitrogen and oxygen atoms in total. The van der Waals surface area contributed by atoms with Gasteiger partial charge in [-0.3, -0.25) is 4.79 Å². The van der Waals surface area contributed by atoms with E-state index in [1.807, 2.05) is 0 Å². The molecule has 1 aromatic heterocycles. The molecule has 2 N–H and O–H groups in total. The Morgan fingerprint density at radius 2 is 2.21 bits per heavy atom. The molecule has 1 aromatic rings. The number of imidazole rings is 1. The molecule has 0 atom stereocenters. The maximum absolute atomic E-state index is 12.0. The second kappa shape index (κ2) is 3.79. The van der Waals surface area contributed by atoms with E-state index >= 15 is 0 Å². The van der Waals surface area contributed by atoms with Crippen LogP contribution in [0.2, 0.25) is 0 Å². The number of nitrogens with zero attached hydrogens (tertiary/aromatic N) is 2. The van der Waals surface area contributed by atoms with Gasteiger partial charge in [-0.25, -0.2) is 4.98 Å². The van der Waals surface area contributed by atoms with Crippen molar-refractivity contribution in [2.24, 2.45) is 5.73 Å². The Morgan fingerprint density at radius 1 is 1.57 bits per heavy atom. The molecule has 7 heteroatoms. The number of hydrogen-bond donors (Lipinski definition) is 1. The number of hydrogen-bond acceptors (Lipinski definition) is 3. The Labute approximate surface area is 77.5 Å². The van der Waals surface area contributed by atoms with Crippen LogP contribution in [-0.2, 0) is 6.54 Å². The molecule has 0 aliphatic heterocycles. The van der Waals surface area contributed by atoms with Gasteiger partial charge in [0, 0.05) is 0 Å². The van der Waals surface area contributed by atoms with E-state index in [0.717, 1.165) is 17.1 Å². The van der Waals surface area contributed by atoms with Crippen LogP contribution < -0.4 is 5.73 Å². The van der Waals surface area contributed by atoms with Gasteiger partial charge in [0.15, 0.2) is 5.78 Å². The highest BCUT2D eigenvalue weighted by Crippen LogP contribution is 2.18. The molecule has 14 heavy (non-hydrogen) atoms. The summed E-state index contributed by atoms with van der Waals surface area (Å²) in [5.74, 6) is -0.563. The molecular weight excluding hydrogens is 199 g/mol. The van der Waals surface area contributed by atoms with Gasteiger partial charge >= 0.3 is 6.18 Å². The summed E-state index contributed by atoms with van der Waals surface area (Å²) in [6.07, 6.45) is -2.35. The monoisotopic (exact) mass is 207 g/mol. The summed E-state index contributed by atoms with van der Waals surface area (Å²) in [5, 5.41) is 0. The molecule has 0 aromatic carbocycles. The first kappa shape index (κ1) is 10.7. The Kier molecular flexibility index (Phi) is 2.90. The lowest BCUT2D eigenvalue weighted by molar-refractivity contribution is -0.140. The van der Waals surface area contributed by atoms with Crippen LogP contribution in [0.15, 0.2) is 12.5 Å². The molecule has 0 amide bonds. The number of halogens is 3. The number of carbonyl (C=O) groups is 1. The third-order valence-electron chi connectivity index (χ3n) is 1.53. The van der Waals surface area contributed by atoms with E-state index in [-0.39, 0.29) is 12.2 Å². The van der Waals surface area contributed by atoms with Crippen LogP contribution in [0.25, 0.3) is 0 Å². The number of ketones is 1. The van der Waals surface area contributed by atoms with E-state index in [1.54, 1.807) is 0 Å². The summed E-state index contributed by atoms with van der Waals surface area (Å²) in [5.41, 5.74) is 4.90. The Hall–Kier alpha value is -1.37. The van der Waals surface area contributed by atoms with Crippen molar-refractivity contribution in [1.29, 1.82) is 0 Å². The zero-order valence-corrected chi connectivity index (χ0v) is 7.08. The van der Waals surface area contributed by atoms with E-state index in [0.29, 0.717) is 0 Å². The largest absolute Gasteiger partial charge is 0.406 e. The summed E-state index contributed by atoms with van der Waals surface area (Å²) in [7, 11) is 0. The fourth-order valence-electron chi connectivity index (χ4n) is 0.977. The number of rotatable bonds is 3. The minimum Gasteiger partial charge on any atom is -0.324 e. The van der Waals surface area contributed by atoms with Crippen molar-refractivity contribution >= 4 is 5.78 Å². The summed E-state index contributed by atoms with van der Waals surface area (Å²) in [6, 6.07) is 0. The van der Waals surface area contributed by atoms with Gasteiger partial charge in [0.2, 0.25) is 0 Å². The second-order valence-electron chi connectivity index (χ2n) is 2.65. The van der Waals surface area contributed by atoms with Gasteiger partial charge in [-0.2, -0.15) is 13.2 Å². The fraction of sp³-hybridized carbons (Fsp3) is 0.429. The number of carbonyl (C=O) groups excluding carboxylic acids is 1. The highest BCUT2D eigenvalue weighted by molar-refractivity contribution is 5.95. The van der Waals surface area contributed by atoms with Gasteiger partial charge in [0.1, 0.15) is 12.2 Å². The van der Waals surface area contributed by atoms with Gasteiger partial charge in [0.25, 0.3) is 0 Å². The van der Waals surface area contributed by atoms with Crippen LogP contribution in [0.4, 0.5) is 13.2 Å².